The predicted molar refractivity (Wildman–Crippen MR) is 62.7 cm³/mol. The molecule has 0 radical (unpaired) electrons. The lowest BCUT2D eigenvalue weighted by Crippen LogP contribution is -2.36. The minimum absolute atomic E-state index is 0.0676. The second-order valence-electron chi connectivity index (χ2n) is 4.73. The number of hydrogen-bond acceptors (Lipinski definition) is 5. The molecule has 1 saturated heterocycles. The SMILES string of the molecule is O=c1[nH]c(=O)n(C[C@H]2C[C@H](O)[C@@H](CO)O2)cc1C(F)(F)F. The topological polar surface area (TPSA) is 105 Å². The van der Waals surface area contributed by atoms with Gasteiger partial charge in [-0.15, -0.1) is 0 Å². The van der Waals surface area contributed by atoms with E-state index in [9.17, 15) is 27.9 Å². The lowest BCUT2D eigenvalue weighted by atomic mass is 10.1. The molecule has 10 heteroatoms. The van der Waals surface area contributed by atoms with E-state index in [0.29, 0.717) is 10.8 Å². The Morgan fingerprint density at radius 1 is 1.43 bits per heavy atom. The summed E-state index contributed by atoms with van der Waals surface area (Å²) in [6.07, 6.45) is -6.92. The maximum Gasteiger partial charge on any atom is 0.423 e. The molecule has 0 spiro atoms. The first-order valence-electron chi connectivity index (χ1n) is 6.07. The van der Waals surface area contributed by atoms with Crippen LogP contribution in [0.15, 0.2) is 15.8 Å². The molecule has 1 aliphatic rings. The average Bonchev–Trinajstić information content (AvgIpc) is 2.71. The van der Waals surface area contributed by atoms with Crippen molar-refractivity contribution in [2.75, 3.05) is 6.61 Å². The van der Waals surface area contributed by atoms with Gasteiger partial charge >= 0.3 is 11.9 Å². The Balaban J connectivity index is 2.25. The fourth-order valence-electron chi connectivity index (χ4n) is 2.16. The summed E-state index contributed by atoms with van der Waals surface area (Å²) in [4.78, 5) is 24.2. The van der Waals surface area contributed by atoms with Gasteiger partial charge in [-0.3, -0.25) is 14.3 Å². The Kier molecular flexibility index (Phi) is 4.21. The smallest absolute Gasteiger partial charge is 0.394 e. The van der Waals surface area contributed by atoms with Crippen molar-refractivity contribution < 1.29 is 28.1 Å². The summed E-state index contributed by atoms with van der Waals surface area (Å²) in [5.41, 5.74) is -4.00. The van der Waals surface area contributed by atoms with E-state index in [0.717, 1.165) is 0 Å². The summed E-state index contributed by atoms with van der Waals surface area (Å²) in [6, 6.07) is 0. The number of nitrogens with zero attached hydrogens (tertiary/aromatic N) is 1. The first kappa shape index (κ1) is 15.7. The van der Waals surface area contributed by atoms with Gasteiger partial charge in [-0.05, 0) is 0 Å². The van der Waals surface area contributed by atoms with Gasteiger partial charge in [0.2, 0.25) is 0 Å². The number of aromatic amines is 1. The van der Waals surface area contributed by atoms with Gasteiger partial charge in [-0.1, -0.05) is 0 Å². The van der Waals surface area contributed by atoms with Crippen LogP contribution >= 0.6 is 0 Å². The zero-order chi connectivity index (χ0) is 15.8. The zero-order valence-corrected chi connectivity index (χ0v) is 10.6. The molecule has 1 aromatic rings. The van der Waals surface area contributed by atoms with Crippen LogP contribution in [0.1, 0.15) is 12.0 Å². The van der Waals surface area contributed by atoms with Gasteiger partial charge in [0, 0.05) is 12.6 Å². The van der Waals surface area contributed by atoms with Gasteiger partial charge in [0.05, 0.1) is 25.4 Å². The van der Waals surface area contributed by atoms with Gasteiger partial charge in [0.15, 0.2) is 0 Å². The fraction of sp³-hybridized carbons (Fsp3) is 0.636. The molecule has 0 aliphatic carbocycles. The number of H-pyrrole nitrogens is 1. The van der Waals surface area contributed by atoms with Crippen molar-refractivity contribution in [3.63, 3.8) is 0 Å². The van der Waals surface area contributed by atoms with Crippen molar-refractivity contribution in [2.24, 2.45) is 0 Å². The minimum Gasteiger partial charge on any atom is -0.394 e. The third kappa shape index (κ3) is 3.34. The van der Waals surface area contributed by atoms with Crippen LogP contribution in [0.25, 0.3) is 0 Å². The highest BCUT2D eigenvalue weighted by Gasteiger charge is 2.36. The van der Waals surface area contributed by atoms with E-state index in [1.54, 1.807) is 4.98 Å². The molecule has 2 rings (SSSR count). The van der Waals surface area contributed by atoms with Crippen LogP contribution < -0.4 is 11.2 Å². The van der Waals surface area contributed by atoms with Crippen LogP contribution in [-0.4, -0.2) is 44.7 Å². The number of aliphatic hydroxyl groups excluding tert-OH is 2. The Bertz CT molecular complexity index is 624. The van der Waals surface area contributed by atoms with E-state index in [4.69, 9.17) is 9.84 Å². The number of nitrogens with one attached hydrogen (secondary N) is 1. The van der Waals surface area contributed by atoms with Gasteiger partial charge in [-0.25, -0.2) is 4.79 Å². The molecular weight excluding hydrogens is 297 g/mol. The second-order valence-corrected chi connectivity index (χ2v) is 4.73. The van der Waals surface area contributed by atoms with Crippen LogP contribution in [0, 0.1) is 0 Å². The number of aliphatic hydroxyl groups is 2. The zero-order valence-electron chi connectivity index (χ0n) is 10.6. The van der Waals surface area contributed by atoms with E-state index >= 15 is 0 Å². The standard InChI is InChI=1S/C11H13F3N2O5/c12-11(13,14)6-3-16(10(20)15-9(6)19)2-5-1-7(18)8(4-17)21-5/h3,5,7-8,17-18H,1-2,4H2,(H,15,19,20)/t5-,7+,8-/m1/s1. The van der Waals surface area contributed by atoms with E-state index in [1.165, 1.54) is 0 Å². The molecule has 1 aliphatic heterocycles. The molecule has 3 atom stereocenters. The maximum atomic E-state index is 12.6. The lowest BCUT2D eigenvalue weighted by Gasteiger charge is -2.14. The number of ether oxygens (including phenoxy) is 1. The number of halogens is 3. The summed E-state index contributed by atoms with van der Waals surface area (Å²) < 4.78 is 43.7. The van der Waals surface area contributed by atoms with Crippen molar-refractivity contribution in [1.29, 1.82) is 0 Å². The Labute approximate surface area is 115 Å². The molecule has 118 valence electrons. The second kappa shape index (κ2) is 5.62. The summed E-state index contributed by atoms with van der Waals surface area (Å²) in [6.45, 7) is -0.710. The molecule has 0 unspecified atom stereocenters. The fourth-order valence-corrected chi connectivity index (χ4v) is 2.16. The van der Waals surface area contributed by atoms with Gasteiger partial charge < -0.3 is 14.9 Å². The van der Waals surface area contributed by atoms with Crippen LogP contribution in [0.3, 0.4) is 0 Å². The molecule has 1 aromatic heterocycles. The first-order valence-corrected chi connectivity index (χ1v) is 6.07. The van der Waals surface area contributed by atoms with Crippen LogP contribution in [-0.2, 0) is 17.5 Å². The highest BCUT2D eigenvalue weighted by Crippen LogP contribution is 2.26. The third-order valence-corrected chi connectivity index (χ3v) is 3.20. The highest BCUT2D eigenvalue weighted by molar-refractivity contribution is 5.09. The van der Waals surface area contributed by atoms with Crippen LogP contribution in [0.5, 0.6) is 0 Å². The Morgan fingerprint density at radius 3 is 2.62 bits per heavy atom. The summed E-state index contributed by atoms with van der Waals surface area (Å²) in [5.74, 6) is 0. The largest absolute Gasteiger partial charge is 0.423 e. The van der Waals surface area contributed by atoms with E-state index in [2.05, 4.69) is 0 Å². The summed E-state index contributed by atoms with van der Waals surface area (Å²) in [5, 5.41) is 18.4. The molecule has 3 N–H and O–H groups in total. The molecule has 0 bridgehead atoms. The molecule has 7 nitrogen and oxygen atoms in total. The summed E-state index contributed by atoms with van der Waals surface area (Å²) >= 11 is 0. The molecule has 0 aromatic carbocycles. The number of aromatic nitrogens is 2. The van der Waals surface area contributed by atoms with Crippen LogP contribution in [0.4, 0.5) is 13.2 Å². The molecular formula is C11H13F3N2O5. The van der Waals surface area contributed by atoms with Crippen molar-refractivity contribution in [2.45, 2.75) is 37.5 Å². The number of alkyl halides is 3. The van der Waals surface area contributed by atoms with Gasteiger partial charge in [0.1, 0.15) is 11.7 Å². The average molecular weight is 310 g/mol. The quantitative estimate of drug-likeness (QED) is 0.669. The molecule has 2 heterocycles. The minimum atomic E-state index is -4.88. The van der Waals surface area contributed by atoms with Crippen molar-refractivity contribution in [3.8, 4) is 0 Å². The molecule has 21 heavy (non-hydrogen) atoms. The number of rotatable bonds is 3. The van der Waals surface area contributed by atoms with Crippen molar-refractivity contribution >= 4 is 0 Å². The van der Waals surface area contributed by atoms with Gasteiger partial charge in [-0.2, -0.15) is 13.2 Å². The van der Waals surface area contributed by atoms with Gasteiger partial charge in [0.25, 0.3) is 5.56 Å². The van der Waals surface area contributed by atoms with Crippen molar-refractivity contribution in [1.82, 2.24) is 9.55 Å². The highest BCUT2D eigenvalue weighted by atomic mass is 19.4. The van der Waals surface area contributed by atoms with E-state index in [1.807, 2.05) is 0 Å². The number of hydrogen-bond donors (Lipinski definition) is 3. The third-order valence-electron chi connectivity index (χ3n) is 3.20. The molecule has 1 fully saturated rings. The molecule has 0 amide bonds. The summed E-state index contributed by atoms with van der Waals surface area (Å²) in [7, 11) is 0. The normalized spacial score (nSPS) is 26.2. The lowest BCUT2D eigenvalue weighted by molar-refractivity contribution is -0.139. The Hall–Kier alpha value is -1.65. The van der Waals surface area contributed by atoms with Crippen molar-refractivity contribution in [3.05, 3.63) is 32.6 Å². The molecule has 0 saturated carbocycles. The monoisotopic (exact) mass is 310 g/mol. The Morgan fingerprint density at radius 2 is 2.10 bits per heavy atom. The van der Waals surface area contributed by atoms with E-state index < -0.39 is 47.9 Å². The maximum absolute atomic E-state index is 12.6. The van der Waals surface area contributed by atoms with Crippen LogP contribution in [0.2, 0.25) is 0 Å². The van der Waals surface area contributed by atoms with E-state index in [-0.39, 0.29) is 13.0 Å². The first-order chi connectivity index (χ1) is 9.72. The predicted octanol–water partition coefficient (Wildman–Crippen LogP) is -0.934.